The van der Waals surface area contributed by atoms with E-state index < -0.39 is 22.6 Å². The number of thiophene rings is 2. The number of nitrogen functional groups attached to an aromatic ring is 1. The number of rotatable bonds is 4. The first-order valence-electron chi connectivity index (χ1n) is 8.87. The van der Waals surface area contributed by atoms with Gasteiger partial charge in [0.2, 0.25) is 0 Å². The molecule has 0 aliphatic rings. The lowest BCUT2D eigenvalue weighted by atomic mass is 10.1. The summed E-state index contributed by atoms with van der Waals surface area (Å²) < 4.78 is 5.20. The van der Waals surface area contributed by atoms with Crippen molar-refractivity contribution in [2.24, 2.45) is 0 Å². The third kappa shape index (κ3) is 7.39. The molecule has 0 spiro atoms. The number of carboxylic acids is 1. The molecular weight excluding hydrogens is 442 g/mol. The maximum atomic E-state index is 11.7. The van der Waals surface area contributed by atoms with Gasteiger partial charge in [-0.05, 0) is 56.0 Å². The van der Waals surface area contributed by atoms with E-state index in [1.54, 1.807) is 17.4 Å². The highest BCUT2D eigenvalue weighted by atomic mass is 32.1. The lowest BCUT2D eigenvalue weighted by Gasteiger charge is -2.20. The number of carbonyl (C=O) groups is 2. The standard InChI is InChI=1S/C15H18N2O2S.C5H3NO4S/c1-15(2,3)19-14(18)17-12-7-6-10(9-11(12)16)13-5-4-8-20-13;7-5(8)3-1-2-4(11-3)6(9)10/h4-9H,16H2,1-3H3,(H,17,18);1-2H,(H,7,8). The number of nitrogens with one attached hydrogen (secondary N) is 1. The molecule has 2 aromatic heterocycles. The average molecular weight is 464 g/mol. The zero-order chi connectivity index (χ0) is 23.2. The van der Waals surface area contributed by atoms with Crippen molar-refractivity contribution in [3.8, 4) is 10.4 Å². The molecule has 31 heavy (non-hydrogen) atoms. The fourth-order valence-corrected chi connectivity index (χ4v) is 3.61. The van der Waals surface area contributed by atoms with Gasteiger partial charge in [0.15, 0.2) is 0 Å². The maximum Gasteiger partial charge on any atom is 0.412 e. The summed E-state index contributed by atoms with van der Waals surface area (Å²) in [4.78, 5) is 32.5. The lowest BCUT2D eigenvalue weighted by Crippen LogP contribution is -2.27. The fraction of sp³-hybridized carbons (Fsp3) is 0.200. The van der Waals surface area contributed by atoms with Crippen LogP contribution in [0.1, 0.15) is 30.4 Å². The van der Waals surface area contributed by atoms with Gasteiger partial charge in [0.05, 0.1) is 16.3 Å². The number of ether oxygens (including phenoxy) is 1. The van der Waals surface area contributed by atoms with Gasteiger partial charge >= 0.3 is 17.1 Å². The number of anilines is 2. The minimum atomic E-state index is -1.14. The quantitative estimate of drug-likeness (QED) is 0.256. The van der Waals surface area contributed by atoms with Gasteiger partial charge in [-0.15, -0.1) is 11.3 Å². The molecule has 2 heterocycles. The predicted octanol–water partition coefficient (Wildman–Crippen LogP) is 5.70. The Hall–Kier alpha value is -3.44. The molecule has 0 radical (unpaired) electrons. The number of nitrogens with zero attached hydrogens (tertiary/aromatic N) is 1. The molecule has 0 saturated carbocycles. The van der Waals surface area contributed by atoms with Crippen LogP contribution in [0.3, 0.4) is 0 Å². The van der Waals surface area contributed by atoms with Crippen LogP contribution in [0.5, 0.6) is 0 Å². The van der Waals surface area contributed by atoms with Crippen molar-refractivity contribution in [1.82, 2.24) is 0 Å². The van der Waals surface area contributed by atoms with Gasteiger partial charge in [-0.25, -0.2) is 9.59 Å². The highest BCUT2D eigenvalue weighted by Gasteiger charge is 2.17. The fourth-order valence-electron chi connectivity index (χ4n) is 2.23. The summed E-state index contributed by atoms with van der Waals surface area (Å²) in [6, 6.07) is 12.0. The molecule has 0 aliphatic carbocycles. The van der Waals surface area contributed by atoms with E-state index in [9.17, 15) is 19.7 Å². The Labute approximate surface area is 186 Å². The normalized spacial score (nSPS) is 10.5. The highest BCUT2D eigenvalue weighted by molar-refractivity contribution is 7.17. The number of carbonyl (C=O) groups excluding carboxylic acids is 1. The third-order valence-corrected chi connectivity index (χ3v) is 5.42. The van der Waals surface area contributed by atoms with Crippen LogP contribution in [0.15, 0.2) is 47.8 Å². The van der Waals surface area contributed by atoms with Gasteiger partial charge in [0.1, 0.15) is 10.5 Å². The molecule has 0 atom stereocenters. The number of hydrogen-bond acceptors (Lipinski definition) is 8. The van der Waals surface area contributed by atoms with Crippen molar-refractivity contribution in [3.63, 3.8) is 0 Å². The molecule has 164 valence electrons. The molecule has 1 amide bonds. The van der Waals surface area contributed by atoms with Gasteiger partial charge in [-0.2, -0.15) is 0 Å². The van der Waals surface area contributed by atoms with Crippen LogP contribution in [0.2, 0.25) is 0 Å². The molecule has 0 saturated heterocycles. The second-order valence-electron chi connectivity index (χ2n) is 7.11. The molecule has 11 heteroatoms. The second-order valence-corrected chi connectivity index (χ2v) is 9.12. The number of nitrogens with two attached hydrogens (primary N) is 1. The minimum Gasteiger partial charge on any atom is -0.477 e. The minimum absolute atomic E-state index is 0.0169. The molecule has 3 rings (SSSR count). The predicted molar refractivity (Wildman–Crippen MR) is 122 cm³/mol. The first-order valence-corrected chi connectivity index (χ1v) is 10.6. The molecule has 9 nitrogen and oxygen atoms in total. The van der Waals surface area contributed by atoms with Gasteiger partial charge in [-0.1, -0.05) is 23.5 Å². The summed E-state index contributed by atoms with van der Waals surface area (Å²) in [5.41, 5.74) is 7.55. The SMILES string of the molecule is CC(C)(C)OC(=O)Nc1ccc(-c2cccs2)cc1N.O=C(O)c1ccc([N+](=O)[O-])s1. The Bertz CT molecular complexity index is 1040. The van der Waals surface area contributed by atoms with Crippen molar-refractivity contribution >= 4 is 51.1 Å². The van der Waals surface area contributed by atoms with E-state index in [0.717, 1.165) is 10.4 Å². The van der Waals surface area contributed by atoms with Crippen LogP contribution < -0.4 is 11.1 Å². The number of benzene rings is 1. The summed E-state index contributed by atoms with van der Waals surface area (Å²) in [5.74, 6) is -1.14. The second kappa shape index (κ2) is 10.0. The van der Waals surface area contributed by atoms with Gasteiger partial charge in [-0.3, -0.25) is 15.4 Å². The van der Waals surface area contributed by atoms with Crippen LogP contribution in [0, 0.1) is 10.1 Å². The topological polar surface area (TPSA) is 145 Å². The molecule has 0 aliphatic heterocycles. The van der Waals surface area contributed by atoms with E-state index in [4.69, 9.17) is 15.6 Å². The number of hydrogen-bond donors (Lipinski definition) is 3. The summed E-state index contributed by atoms with van der Waals surface area (Å²) in [6.07, 6.45) is -0.506. The Morgan fingerprint density at radius 3 is 2.35 bits per heavy atom. The molecule has 4 N–H and O–H groups in total. The first kappa shape index (κ1) is 23.8. The number of aromatic carboxylic acids is 1. The van der Waals surface area contributed by atoms with E-state index in [2.05, 4.69) is 5.32 Å². The van der Waals surface area contributed by atoms with E-state index in [1.165, 1.54) is 12.1 Å². The molecule has 0 unspecified atom stereocenters. The van der Waals surface area contributed by atoms with Crippen LogP contribution in [0.25, 0.3) is 10.4 Å². The van der Waals surface area contributed by atoms with E-state index in [0.29, 0.717) is 22.7 Å². The largest absolute Gasteiger partial charge is 0.477 e. The smallest absolute Gasteiger partial charge is 0.412 e. The van der Waals surface area contributed by atoms with Crippen LogP contribution in [0.4, 0.5) is 21.2 Å². The van der Waals surface area contributed by atoms with Crippen LogP contribution in [-0.2, 0) is 4.74 Å². The van der Waals surface area contributed by atoms with E-state index >= 15 is 0 Å². The van der Waals surface area contributed by atoms with Crippen molar-refractivity contribution < 1.29 is 24.4 Å². The Kier molecular flexibility index (Phi) is 7.72. The van der Waals surface area contributed by atoms with Gasteiger partial charge in [0.25, 0.3) is 0 Å². The molecular formula is C20H21N3O6S2. The van der Waals surface area contributed by atoms with Crippen LogP contribution >= 0.6 is 22.7 Å². The molecule has 3 aromatic rings. The third-order valence-electron chi connectivity index (χ3n) is 3.48. The summed E-state index contributed by atoms with van der Waals surface area (Å²) in [5, 5.41) is 22.9. The monoisotopic (exact) mass is 463 g/mol. The van der Waals surface area contributed by atoms with Crippen molar-refractivity contribution in [3.05, 3.63) is 62.8 Å². The highest BCUT2D eigenvalue weighted by Crippen LogP contribution is 2.30. The lowest BCUT2D eigenvalue weighted by molar-refractivity contribution is -0.380. The van der Waals surface area contributed by atoms with Crippen molar-refractivity contribution in [1.29, 1.82) is 0 Å². The van der Waals surface area contributed by atoms with Crippen LogP contribution in [-0.4, -0.2) is 27.7 Å². The van der Waals surface area contributed by atoms with Gasteiger partial charge < -0.3 is 15.6 Å². The summed E-state index contributed by atoms with van der Waals surface area (Å²) >= 11 is 2.30. The van der Waals surface area contributed by atoms with E-state index in [-0.39, 0.29) is 9.88 Å². The zero-order valence-electron chi connectivity index (χ0n) is 16.9. The number of carboxylic acid groups (broad SMARTS) is 1. The van der Waals surface area contributed by atoms with Crippen molar-refractivity contribution in [2.45, 2.75) is 26.4 Å². The molecule has 0 bridgehead atoms. The van der Waals surface area contributed by atoms with Crippen molar-refractivity contribution in [2.75, 3.05) is 11.1 Å². The zero-order valence-corrected chi connectivity index (χ0v) is 18.6. The summed E-state index contributed by atoms with van der Waals surface area (Å²) in [6.45, 7) is 5.45. The number of amides is 1. The Morgan fingerprint density at radius 2 is 1.90 bits per heavy atom. The average Bonchev–Trinajstić information content (AvgIpc) is 3.34. The summed E-state index contributed by atoms with van der Waals surface area (Å²) in [7, 11) is 0. The molecule has 0 fully saturated rings. The Morgan fingerprint density at radius 1 is 1.19 bits per heavy atom. The van der Waals surface area contributed by atoms with Gasteiger partial charge in [0, 0.05) is 10.9 Å². The first-order chi connectivity index (χ1) is 14.5. The Balaban J connectivity index is 0.000000262. The molecule has 1 aromatic carbocycles. The number of nitro groups is 1. The maximum absolute atomic E-state index is 11.7. The van der Waals surface area contributed by atoms with E-state index in [1.807, 2.05) is 50.4 Å².